The summed E-state index contributed by atoms with van der Waals surface area (Å²) in [6.45, 7) is 5.39. The first-order chi connectivity index (χ1) is 26.3. The minimum absolute atomic E-state index is 0.0828. The lowest BCUT2D eigenvalue weighted by atomic mass is 9.77. The summed E-state index contributed by atoms with van der Waals surface area (Å²) in [6, 6.07) is 37.6. The molecule has 4 aromatic carbocycles. The van der Waals surface area contributed by atoms with Crippen molar-refractivity contribution in [2.75, 3.05) is 18.8 Å². The number of fused-ring (bicyclic) bond motifs is 1. The van der Waals surface area contributed by atoms with Crippen LogP contribution in [0.25, 0.3) is 10.9 Å². The predicted octanol–water partition coefficient (Wildman–Crippen LogP) is 8.20. The molecule has 10 heteroatoms. The zero-order valence-electron chi connectivity index (χ0n) is 30.8. The molecule has 0 bridgehead atoms. The molecular formula is C44H47N5O3S2. The first kappa shape index (κ1) is 37.5. The van der Waals surface area contributed by atoms with Gasteiger partial charge in [-0.15, -0.1) is 0 Å². The second-order valence-corrected chi connectivity index (χ2v) is 16.9. The molecule has 3 heterocycles. The molecule has 1 N–H and O–H groups in total. The number of sulfonamides is 1. The average molecular weight is 758 g/mol. The standard InChI is InChI=1S/C44H47N5O3S2/c1-3-34-22-25-48(26-23-34)43(50)40(47-54(51,52)41-21-13-14-35-28-33(2)29-45-42(35)41)24-27-53-31-39-30-49(32-46-39)44(36-15-7-4-8-16-36,37-17-9-5-10-18-37)38-19-11-6-12-20-38/h4-21,28-30,32,34,40,47H,3,22-27,31H2,1-2H3/t40-/m0/s1. The highest BCUT2D eigenvalue weighted by molar-refractivity contribution is 7.98. The molecule has 8 nitrogen and oxygen atoms in total. The summed E-state index contributed by atoms with van der Waals surface area (Å²) in [6.07, 6.45) is 8.98. The van der Waals surface area contributed by atoms with E-state index in [1.807, 2.05) is 48.5 Å². The summed E-state index contributed by atoms with van der Waals surface area (Å²) in [5.74, 6) is 1.59. The molecule has 1 amide bonds. The third-order valence-electron chi connectivity index (χ3n) is 10.6. The predicted molar refractivity (Wildman–Crippen MR) is 218 cm³/mol. The quantitative estimate of drug-likeness (QED) is 0.0890. The average Bonchev–Trinajstić information content (AvgIpc) is 3.69. The molecule has 1 aliphatic rings. The number of pyridine rings is 1. The molecule has 1 saturated heterocycles. The van der Waals surface area contributed by atoms with E-state index in [2.05, 4.69) is 100 Å². The summed E-state index contributed by atoms with van der Waals surface area (Å²) in [7, 11) is -4.06. The number of likely N-dealkylation sites (tertiary alicyclic amines) is 1. The van der Waals surface area contributed by atoms with Crippen molar-refractivity contribution < 1.29 is 13.2 Å². The van der Waals surface area contributed by atoms with Crippen molar-refractivity contribution in [2.45, 2.75) is 61.8 Å². The van der Waals surface area contributed by atoms with Gasteiger partial charge in [-0.2, -0.15) is 16.5 Å². The largest absolute Gasteiger partial charge is 0.341 e. The number of carbonyl (C=O) groups excluding carboxylic acids is 1. The Hall–Kier alpha value is -4.77. The Morgan fingerprint density at radius 3 is 2.07 bits per heavy atom. The van der Waals surface area contributed by atoms with E-state index >= 15 is 0 Å². The number of hydrogen-bond acceptors (Lipinski definition) is 6. The monoisotopic (exact) mass is 757 g/mol. The maximum absolute atomic E-state index is 14.1. The normalized spacial score (nSPS) is 14.7. The Kier molecular flexibility index (Phi) is 11.6. The summed E-state index contributed by atoms with van der Waals surface area (Å²) < 4.78 is 33.0. The van der Waals surface area contributed by atoms with E-state index in [0.29, 0.717) is 42.5 Å². The van der Waals surface area contributed by atoms with Crippen LogP contribution in [0.5, 0.6) is 0 Å². The van der Waals surface area contributed by atoms with Gasteiger partial charge < -0.3 is 9.47 Å². The molecule has 54 heavy (non-hydrogen) atoms. The maximum Gasteiger partial charge on any atom is 0.243 e. The molecule has 0 saturated carbocycles. The fourth-order valence-corrected chi connectivity index (χ4v) is 10.0. The lowest BCUT2D eigenvalue weighted by molar-refractivity contribution is -0.134. The van der Waals surface area contributed by atoms with E-state index in [4.69, 9.17) is 4.98 Å². The van der Waals surface area contributed by atoms with Crippen LogP contribution in [0.15, 0.2) is 139 Å². The van der Waals surface area contributed by atoms with E-state index in [9.17, 15) is 13.2 Å². The van der Waals surface area contributed by atoms with Crippen LogP contribution in [0.2, 0.25) is 0 Å². The zero-order chi connectivity index (χ0) is 37.5. The molecule has 278 valence electrons. The first-order valence-corrected chi connectivity index (χ1v) is 21.4. The Labute approximate surface area is 323 Å². The van der Waals surface area contributed by atoms with Crippen molar-refractivity contribution in [3.05, 3.63) is 162 Å². The molecule has 0 aliphatic carbocycles. The van der Waals surface area contributed by atoms with Gasteiger partial charge in [-0.3, -0.25) is 9.78 Å². The number of hydrogen-bond donors (Lipinski definition) is 1. The molecule has 1 aliphatic heterocycles. The van der Waals surface area contributed by atoms with Gasteiger partial charge in [0.25, 0.3) is 0 Å². The minimum Gasteiger partial charge on any atom is -0.341 e. The number of amides is 1. The van der Waals surface area contributed by atoms with Gasteiger partial charge >= 0.3 is 0 Å². The maximum atomic E-state index is 14.1. The van der Waals surface area contributed by atoms with Crippen molar-refractivity contribution >= 4 is 38.6 Å². The molecule has 0 unspecified atom stereocenters. The lowest BCUT2D eigenvalue weighted by Crippen LogP contribution is -2.50. The minimum atomic E-state index is -4.06. The second-order valence-electron chi connectivity index (χ2n) is 14.1. The number of carbonyl (C=O) groups is 1. The molecule has 2 aromatic heterocycles. The van der Waals surface area contributed by atoms with Gasteiger partial charge in [-0.25, -0.2) is 13.4 Å². The first-order valence-electron chi connectivity index (χ1n) is 18.7. The Bertz CT molecular complexity index is 2180. The van der Waals surface area contributed by atoms with Gasteiger partial charge in [0.1, 0.15) is 16.5 Å². The number of aromatic nitrogens is 3. The summed E-state index contributed by atoms with van der Waals surface area (Å²) >= 11 is 1.65. The van der Waals surface area contributed by atoms with Crippen LogP contribution in [0.1, 0.15) is 60.6 Å². The zero-order valence-corrected chi connectivity index (χ0v) is 32.5. The number of piperidine rings is 1. The van der Waals surface area contributed by atoms with Crippen LogP contribution in [-0.2, 0) is 26.1 Å². The smallest absolute Gasteiger partial charge is 0.243 e. The highest BCUT2D eigenvalue weighted by atomic mass is 32.2. The molecule has 6 aromatic rings. The number of nitrogens with zero attached hydrogens (tertiary/aromatic N) is 4. The van der Waals surface area contributed by atoms with Crippen molar-refractivity contribution in [1.29, 1.82) is 0 Å². The van der Waals surface area contributed by atoms with E-state index in [0.717, 1.165) is 52.6 Å². The molecule has 0 radical (unpaired) electrons. The van der Waals surface area contributed by atoms with Crippen molar-refractivity contribution in [1.82, 2.24) is 24.2 Å². The SMILES string of the molecule is CCC1CCN(C(=O)[C@H](CCSCc2cn(C(c3ccccc3)(c3ccccc3)c3ccccc3)cn2)NS(=O)(=O)c2cccc3cc(C)cnc23)CC1. The van der Waals surface area contributed by atoms with Gasteiger partial charge in [-0.05, 0) is 72.2 Å². The van der Waals surface area contributed by atoms with Crippen LogP contribution >= 0.6 is 11.8 Å². The second kappa shape index (κ2) is 16.7. The van der Waals surface area contributed by atoms with E-state index in [-0.39, 0.29) is 10.8 Å². The Balaban J connectivity index is 1.12. The number of benzene rings is 4. The van der Waals surface area contributed by atoms with E-state index < -0.39 is 21.6 Å². The van der Waals surface area contributed by atoms with Crippen LogP contribution < -0.4 is 4.72 Å². The van der Waals surface area contributed by atoms with E-state index in [1.165, 1.54) is 0 Å². The van der Waals surface area contributed by atoms with Gasteiger partial charge in [0, 0.05) is 36.6 Å². The highest BCUT2D eigenvalue weighted by Gasteiger charge is 2.38. The van der Waals surface area contributed by atoms with Crippen LogP contribution in [-0.4, -0.2) is 58.6 Å². The lowest BCUT2D eigenvalue weighted by Gasteiger charge is -2.37. The number of rotatable bonds is 14. The topological polar surface area (TPSA) is 97.2 Å². The van der Waals surface area contributed by atoms with Crippen LogP contribution in [0.4, 0.5) is 0 Å². The summed E-state index contributed by atoms with van der Waals surface area (Å²) in [5.41, 5.74) is 4.94. The molecule has 7 rings (SSSR count). The number of thioether (sulfide) groups is 1. The Morgan fingerprint density at radius 2 is 1.48 bits per heavy atom. The molecule has 1 atom stereocenters. The van der Waals surface area contributed by atoms with Crippen molar-refractivity contribution in [3.63, 3.8) is 0 Å². The number of aryl methyl sites for hydroxylation is 1. The van der Waals surface area contributed by atoms with Gasteiger partial charge in [0.2, 0.25) is 15.9 Å². The summed E-state index contributed by atoms with van der Waals surface area (Å²) in [4.78, 5) is 25.3. The fourth-order valence-electron chi connectivity index (χ4n) is 7.71. The number of imidazole rings is 1. The molecule has 0 spiro atoms. The van der Waals surface area contributed by atoms with Gasteiger partial charge in [-0.1, -0.05) is 116 Å². The Morgan fingerprint density at radius 1 is 0.870 bits per heavy atom. The van der Waals surface area contributed by atoms with Crippen LogP contribution in [0, 0.1) is 12.8 Å². The van der Waals surface area contributed by atoms with Crippen LogP contribution in [0.3, 0.4) is 0 Å². The number of nitrogens with one attached hydrogen (secondary N) is 1. The van der Waals surface area contributed by atoms with Crippen molar-refractivity contribution in [3.8, 4) is 0 Å². The molecule has 1 fully saturated rings. The third kappa shape index (κ3) is 7.87. The highest BCUT2D eigenvalue weighted by Crippen LogP contribution is 2.41. The number of para-hydroxylation sites is 1. The fraction of sp³-hybridized carbons (Fsp3) is 0.295. The summed E-state index contributed by atoms with van der Waals surface area (Å²) in [5, 5.41) is 0.744. The molecular weight excluding hydrogens is 711 g/mol. The van der Waals surface area contributed by atoms with Gasteiger partial charge in [0.05, 0.1) is 17.5 Å². The van der Waals surface area contributed by atoms with Crippen molar-refractivity contribution in [2.24, 2.45) is 5.92 Å². The van der Waals surface area contributed by atoms with Gasteiger partial charge in [0.15, 0.2) is 0 Å². The third-order valence-corrected chi connectivity index (χ3v) is 13.1. The van der Waals surface area contributed by atoms with E-state index in [1.54, 1.807) is 30.1 Å².